The van der Waals surface area contributed by atoms with E-state index in [1.807, 2.05) is 6.07 Å². The number of ether oxygens (including phenoxy) is 1. The Balaban J connectivity index is 2.08. The molecule has 0 unspecified atom stereocenters. The average Bonchev–Trinajstić information content (AvgIpc) is 2.81. The summed E-state index contributed by atoms with van der Waals surface area (Å²) in [6, 6.07) is 6.40. The zero-order valence-electron chi connectivity index (χ0n) is 8.87. The second kappa shape index (κ2) is 4.70. The molecule has 2 aromatic rings. The van der Waals surface area contributed by atoms with Crippen LogP contribution in [-0.4, -0.2) is 7.11 Å². The Kier molecular flexibility index (Phi) is 3.10. The summed E-state index contributed by atoms with van der Waals surface area (Å²) in [5.74, 6) is 0.320. The number of benzene rings is 1. The lowest BCUT2D eigenvalue weighted by Crippen LogP contribution is -2.00. The summed E-state index contributed by atoms with van der Waals surface area (Å²) in [4.78, 5) is 0. The van der Waals surface area contributed by atoms with Crippen LogP contribution in [0.2, 0.25) is 0 Å². The van der Waals surface area contributed by atoms with Crippen molar-refractivity contribution in [2.75, 3.05) is 12.4 Å². The lowest BCUT2D eigenvalue weighted by molar-refractivity contribution is 0.414. The largest absolute Gasteiger partial charge is 0.497 e. The molecule has 0 amide bonds. The average molecular weight is 221 g/mol. The van der Waals surface area contributed by atoms with E-state index in [0.29, 0.717) is 18.0 Å². The van der Waals surface area contributed by atoms with Crippen LogP contribution >= 0.6 is 0 Å². The van der Waals surface area contributed by atoms with Gasteiger partial charge in [-0.2, -0.15) is 0 Å². The van der Waals surface area contributed by atoms with Crippen molar-refractivity contribution in [3.8, 4) is 5.75 Å². The Morgan fingerprint density at radius 1 is 1.38 bits per heavy atom. The molecule has 0 spiro atoms. The van der Waals surface area contributed by atoms with Crippen LogP contribution in [0.15, 0.2) is 41.2 Å². The van der Waals surface area contributed by atoms with E-state index in [-0.39, 0.29) is 5.82 Å². The first kappa shape index (κ1) is 10.5. The number of hydrogen-bond donors (Lipinski definition) is 1. The van der Waals surface area contributed by atoms with Gasteiger partial charge in [-0.05, 0) is 18.2 Å². The number of methoxy groups -OCH3 is 1. The van der Waals surface area contributed by atoms with Crippen molar-refractivity contribution in [3.63, 3.8) is 0 Å². The molecule has 2 rings (SSSR count). The predicted octanol–water partition coefficient (Wildman–Crippen LogP) is 3.04. The van der Waals surface area contributed by atoms with Crippen LogP contribution in [0.3, 0.4) is 0 Å². The highest BCUT2D eigenvalue weighted by Gasteiger charge is 2.03. The van der Waals surface area contributed by atoms with Gasteiger partial charge < -0.3 is 14.5 Å². The summed E-state index contributed by atoms with van der Waals surface area (Å²) >= 11 is 0. The van der Waals surface area contributed by atoms with Gasteiger partial charge in [-0.1, -0.05) is 0 Å². The Hall–Kier alpha value is -1.97. The third kappa shape index (κ3) is 2.34. The van der Waals surface area contributed by atoms with E-state index in [1.165, 1.54) is 6.07 Å². The second-order valence-corrected chi connectivity index (χ2v) is 3.33. The molecule has 0 aliphatic heterocycles. The summed E-state index contributed by atoms with van der Waals surface area (Å²) in [5, 5.41) is 2.98. The van der Waals surface area contributed by atoms with Gasteiger partial charge in [0.25, 0.3) is 0 Å². The van der Waals surface area contributed by atoms with Crippen LogP contribution < -0.4 is 10.1 Å². The van der Waals surface area contributed by atoms with Crippen LogP contribution in [0, 0.1) is 5.82 Å². The summed E-state index contributed by atoms with van der Waals surface area (Å²) in [6.45, 7) is 0.514. The van der Waals surface area contributed by atoms with Crippen molar-refractivity contribution in [3.05, 3.63) is 48.2 Å². The molecule has 0 fully saturated rings. The molecule has 16 heavy (non-hydrogen) atoms. The van der Waals surface area contributed by atoms with E-state index in [2.05, 4.69) is 5.32 Å². The zero-order valence-corrected chi connectivity index (χ0v) is 8.87. The minimum atomic E-state index is -0.302. The molecule has 3 nitrogen and oxygen atoms in total. The van der Waals surface area contributed by atoms with Crippen LogP contribution in [0.1, 0.15) is 5.56 Å². The summed E-state index contributed by atoms with van der Waals surface area (Å²) in [7, 11) is 1.55. The van der Waals surface area contributed by atoms with Crippen LogP contribution in [0.4, 0.5) is 10.1 Å². The predicted molar refractivity (Wildman–Crippen MR) is 59.0 cm³/mol. The summed E-state index contributed by atoms with van der Waals surface area (Å²) in [5.41, 5.74) is 1.38. The van der Waals surface area contributed by atoms with Gasteiger partial charge in [0, 0.05) is 18.2 Å². The van der Waals surface area contributed by atoms with E-state index < -0.39 is 0 Å². The maximum absolute atomic E-state index is 13.4. The van der Waals surface area contributed by atoms with Crippen LogP contribution in [0.5, 0.6) is 5.75 Å². The SMILES string of the molecule is COc1ccc(F)c(NCc2ccoc2)c1. The van der Waals surface area contributed by atoms with Crippen molar-refractivity contribution in [2.24, 2.45) is 0 Å². The molecule has 0 saturated carbocycles. The Morgan fingerprint density at radius 3 is 2.94 bits per heavy atom. The van der Waals surface area contributed by atoms with Crippen molar-refractivity contribution in [2.45, 2.75) is 6.54 Å². The molecule has 4 heteroatoms. The first-order valence-corrected chi connectivity index (χ1v) is 4.88. The quantitative estimate of drug-likeness (QED) is 0.861. The van der Waals surface area contributed by atoms with Crippen molar-refractivity contribution < 1.29 is 13.5 Å². The number of furan rings is 1. The van der Waals surface area contributed by atoms with E-state index in [0.717, 1.165) is 5.56 Å². The lowest BCUT2D eigenvalue weighted by atomic mass is 10.2. The third-order valence-corrected chi connectivity index (χ3v) is 2.24. The second-order valence-electron chi connectivity index (χ2n) is 3.33. The number of hydrogen-bond acceptors (Lipinski definition) is 3. The van der Waals surface area contributed by atoms with E-state index >= 15 is 0 Å². The first-order chi connectivity index (χ1) is 7.79. The van der Waals surface area contributed by atoms with Gasteiger partial charge >= 0.3 is 0 Å². The normalized spacial score (nSPS) is 10.1. The third-order valence-electron chi connectivity index (χ3n) is 2.24. The molecule has 0 bridgehead atoms. The minimum Gasteiger partial charge on any atom is -0.497 e. The van der Waals surface area contributed by atoms with Gasteiger partial charge in [0.2, 0.25) is 0 Å². The Morgan fingerprint density at radius 2 is 2.25 bits per heavy atom. The molecule has 0 saturated heterocycles. The van der Waals surface area contributed by atoms with Crippen molar-refractivity contribution in [1.29, 1.82) is 0 Å². The summed E-state index contributed by atoms with van der Waals surface area (Å²) in [6.07, 6.45) is 3.20. The zero-order chi connectivity index (χ0) is 11.4. The smallest absolute Gasteiger partial charge is 0.146 e. The van der Waals surface area contributed by atoms with Gasteiger partial charge in [-0.3, -0.25) is 0 Å². The topological polar surface area (TPSA) is 34.4 Å². The minimum absolute atomic E-state index is 0.302. The fraction of sp³-hybridized carbons (Fsp3) is 0.167. The Labute approximate surface area is 92.8 Å². The highest BCUT2D eigenvalue weighted by Crippen LogP contribution is 2.21. The molecule has 1 heterocycles. The molecule has 84 valence electrons. The molecular weight excluding hydrogens is 209 g/mol. The molecule has 0 aliphatic carbocycles. The van der Waals surface area contributed by atoms with Gasteiger partial charge in [-0.15, -0.1) is 0 Å². The maximum Gasteiger partial charge on any atom is 0.146 e. The monoisotopic (exact) mass is 221 g/mol. The maximum atomic E-state index is 13.4. The van der Waals surface area contributed by atoms with Crippen LogP contribution in [0.25, 0.3) is 0 Å². The molecule has 0 atom stereocenters. The molecule has 0 aliphatic rings. The van der Waals surface area contributed by atoms with E-state index in [9.17, 15) is 4.39 Å². The Bertz CT molecular complexity index is 454. The molecule has 1 aromatic heterocycles. The number of anilines is 1. The number of rotatable bonds is 4. The summed E-state index contributed by atoms with van der Waals surface area (Å²) < 4.78 is 23.3. The van der Waals surface area contributed by atoms with Crippen molar-refractivity contribution in [1.82, 2.24) is 0 Å². The fourth-order valence-corrected chi connectivity index (χ4v) is 1.36. The van der Waals surface area contributed by atoms with E-state index in [1.54, 1.807) is 31.8 Å². The number of halogens is 1. The lowest BCUT2D eigenvalue weighted by Gasteiger charge is -2.08. The first-order valence-electron chi connectivity index (χ1n) is 4.88. The standard InChI is InChI=1S/C12H12FNO2/c1-15-10-2-3-11(13)12(6-10)14-7-9-4-5-16-8-9/h2-6,8,14H,7H2,1H3. The molecule has 1 N–H and O–H groups in total. The molecule has 0 radical (unpaired) electrons. The highest BCUT2D eigenvalue weighted by molar-refractivity contribution is 5.49. The van der Waals surface area contributed by atoms with E-state index in [4.69, 9.17) is 9.15 Å². The number of nitrogens with one attached hydrogen (secondary N) is 1. The van der Waals surface area contributed by atoms with Gasteiger partial charge in [0.1, 0.15) is 11.6 Å². The van der Waals surface area contributed by atoms with Crippen molar-refractivity contribution >= 4 is 5.69 Å². The van der Waals surface area contributed by atoms with Gasteiger partial charge in [0.05, 0.1) is 25.3 Å². The van der Waals surface area contributed by atoms with Gasteiger partial charge in [0.15, 0.2) is 0 Å². The van der Waals surface area contributed by atoms with Crippen LogP contribution in [-0.2, 0) is 6.54 Å². The highest BCUT2D eigenvalue weighted by atomic mass is 19.1. The van der Waals surface area contributed by atoms with Gasteiger partial charge in [-0.25, -0.2) is 4.39 Å². The fourth-order valence-electron chi connectivity index (χ4n) is 1.36. The molecular formula is C12H12FNO2. The molecule has 1 aromatic carbocycles.